The number of nitrogens with zero attached hydrogens (tertiary/aromatic N) is 1. The fourth-order valence-electron chi connectivity index (χ4n) is 6.50. The van der Waals surface area contributed by atoms with Crippen LogP contribution >= 0.6 is 23.5 Å². The van der Waals surface area contributed by atoms with Gasteiger partial charge in [-0.3, -0.25) is 9.59 Å². The van der Waals surface area contributed by atoms with Gasteiger partial charge in [-0.25, -0.2) is 0 Å². The van der Waals surface area contributed by atoms with Gasteiger partial charge in [0.2, 0.25) is 0 Å². The monoisotopic (exact) mass is 722 g/mol. The van der Waals surface area contributed by atoms with Crippen LogP contribution < -0.4 is 0 Å². The zero-order valence-corrected chi connectivity index (χ0v) is 35.3. The molecular formula is C44H83NO2S2. The quantitative estimate of drug-likeness (QED) is 0.0476. The van der Waals surface area contributed by atoms with Crippen molar-refractivity contribution >= 4 is 33.8 Å². The summed E-state index contributed by atoms with van der Waals surface area (Å²) in [5.41, 5.74) is 0. The van der Waals surface area contributed by atoms with Crippen LogP contribution in [-0.4, -0.2) is 46.3 Å². The van der Waals surface area contributed by atoms with Crippen LogP contribution in [0.1, 0.15) is 207 Å². The molecule has 0 heterocycles. The van der Waals surface area contributed by atoms with E-state index in [2.05, 4.69) is 71.0 Å². The molecule has 0 N–H and O–H groups in total. The smallest absolute Gasteiger partial charge is 0.189 e. The molecule has 0 amide bonds. The Labute approximate surface area is 315 Å². The van der Waals surface area contributed by atoms with Crippen LogP contribution in [0.15, 0.2) is 24.3 Å². The maximum atomic E-state index is 12.4. The Balaban J connectivity index is 4.12. The lowest BCUT2D eigenvalue weighted by atomic mass is 9.89. The highest BCUT2D eigenvalue weighted by molar-refractivity contribution is 8.14. The maximum absolute atomic E-state index is 12.4. The van der Waals surface area contributed by atoms with Gasteiger partial charge in [0.05, 0.1) is 0 Å². The number of carbonyl (C=O) groups is 2. The topological polar surface area (TPSA) is 37.4 Å². The Morgan fingerprint density at radius 3 is 1.29 bits per heavy atom. The van der Waals surface area contributed by atoms with Crippen LogP contribution in [0, 0.1) is 5.92 Å². The van der Waals surface area contributed by atoms with Gasteiger partial charge in [0.1, 0.15) is 0 Å². The number of allylic oxidation sites excluding steroid dienone is 2. The molecule has 0 saturated heterocycles. The van der Waals surface area contributed by atoms with E-state index in [4.69, 9.17) is 0 Å². The summed E-state index contributed by atoms with van der Waals surface area (Å²) in [6, 6.07) is 0. The molecule has 2 atom stereocenters. The highest BCUT2D eigenvalue weighted by Crippen LogP contribution is 2.25. The SMILES string of the molecule is CCCCCC/C=C\C(C)SC(=O)CCCCCCCC(CCCCCCCC(=O)SC(C)/C=C\CCCCCC)CCCCCN(C)C. The fraction of sp³-hybridized carbons (Fsp3) is 0.864. The molecule has 0 spiro atoms. The van der Waals surface area contributed by atoms with Gasteiger partial charge in [0.15, 0.2) is 10.2 Å². The molecule has 0 radical (unpaired) electrons. The van der Waals surface area contributed by atoms with E-state index < -0.39 is 0 Å². The number of rotatable bonds is 36. The summed E-state index contributed by atoms with van der Waals surface area (Å²) in [6.45, 7) is 10.0. The molecule has 0 fully saturated rings. The number of thioether (sulfide) groups is 2. The van der Waals surface area contributed by atoms with Crippen LogP contribution in [0.25, 0.3) is 0 Å². The van der Waals surface area contributed by atoms with Gasteiger partial charge in [0, 0.05) is 23.3 Å². The van der Waals surface area contributed by atoms with E-state index in [1.165, 1.54) is 171 Å². The Hall–Kier alpha value is -0.520. The summed E-state index contributed by atoms with van der Waals surface area (Å²) >= 11 is 3.05. The lowest BCUT2D eigenvalue weighted by Crippen LogP contribution is -2.12. The van der Waals surface area contributed by atoms with E-state index in [-0.39, 0.29) is 0 Å². The first-order valence-corrected chi connectivity index (χ1v) is 22.9. The highest BCUT2D eigenvalue weighted by atomic mass is 32.2. The molecular weight excluding hydrogens is 639 g/mol. The fourth-order valence-corrected chi connectivity index (χ4v) is 8.23. The first-order chi connectivity index (χ1) is 23.8. The summed E-state index contributed by atoms with van der Waals surface area (Å²) in [4.78, 5) is 27.1. The first kappa shape index (κ1) is 48.5. The maximum Gasteiger partial charge on any atom is 0.189 e. The molecule has 0 aliphatic carbocycles. The molecule has 0 aromatic heterocycles. The van der Waals surface area contributed by atoms with E-state index >= 15 is 0 Å². The normalized spacial score (nSPS) is 13.9. The second-order valence-corrected chi connectivity index (χ2v) is 17.9. The average Bonchev–Trinajstić information content (AvgIpc) is 3.06. The molecule has 0 aliphatic heterocycles. The third-order valence-corrected chi connectivity index (χ3v) is 11.6. The second kappa shape index (κ2) is 37.2. The number of carbonyl (C=O) groups excluding carboxylic acids is 2. The molecule has 3 nitrogen and oxygen atoms in total. The van der Waals surface area contributed by atoms with Crippen molar-refractivity contribution in [2.45, 2.75) is 218 Å². The van der Waals surface area contributed by atoms with Crippen molar-refractivity contribution in [1.29, 1.82) is 0 Å². The summed E-state index contributed by atoms with van der Waals surface area (Å²) in [5.74, 6) is 0.873. The lowest BCUT2D eigenvalue weighted by molar-refractivity contribution is -0.111. The Morgan fingerprint density at radius 1 is 0.510 bits per heavy atom. The van der Waals surface area contributed by atoms with Gasteiger partial charge in [0.25, 0.3) is 0 Å². The van der Waals surface area contributed by atoms with Crippen molar-refractivity contribution in [3.05, 3.63) is 24.3 Å². The van der Waals surface area contributed by atoms with Crippen LogP contribution in [0.2, 0.25) is 0 Å². The summed E-state index contributed by atoms with van der Waals surface area (Å²) in [5, 5.41) is 1.35. The van der Waals surface area contributed by atoms with Crippen LogP contribution in [0.3, 0.4) is 0 Å². The van der Waals surface area contributed by atoms with Crippen molar-refractivity contribution in [3.63, 3.8) is 0 Å². The Morgan fingerprint density at radius 2 is 0.878 bits per heavy atom. The number of hydrogen-bond donors (Lipinski definition) is 0. The molecule has 49 heavy (non-hydrogen) atoms. The summed E-state index contributed by atoms with van der Waals surface area (Å²) in [7, 11) is 4.35. The van der Waals surface area contributed by atoms with Crippen molar-refractivity contribution in [3.8, 4) is 0 Å². The largest absolute Gasteiger partial charge is 0.309 e. The predicted molar refractivity (Wildman–Crippen MR) is 225 cm³/mol. The number of unbranched alkanes of at least 4 members (excludes halogenated alkanes) is 18. The van der Waals surface area contributed by atoms with Gasteiger partial charge in [-0.05, 0) is 85.4 Å². The van der Waals surface area contributed by atoms with Gasteiger partial charge in [-0.1, -0.05) is 184 Å². The van der Waals surface area contributed by atoms with E-state index in [1.807, 2.05) is 0 Å². The van der Waals surface area contributed by atoms with Crippen molar-refractivity contribution in [2.75, 3.05) is 20.6 Å². The first-order valence-electron chi connectivity index (χ1n) is 21.1. The molecule has 0 aromatic carbocycles. The predicted octanol–water partition coefficient (Wildman–Crippen LogP) is 14.5. The van der Waals surface area contributed by atoms with Gasteiger partial charge < -0.3 is 4.90 Å². The molecule has 288 valence electrons. The van der Waals surface area contributed by atoms with E-state index in [0.29, 0.717) is 20.7 Å². The van der Waals surface area contributed by atoms with Crippen molar-refractivity contribution in [1.82, 2.24) is 4.90 Å². The molecule has 0 saturated carbocycles. The second-order valence-electron chi connectivity index (χ2n) is 15.1. The zero-order valence-electron chi connectivity index (χ0n) is 33.6. The minimum Gasteiger partial charge on any atom is -0.309 e. The third-order valence-electron chi connectivity index (χ3n) is 9.60. The lowest BCUT2D eigenvalue weighted by Gasteiger charge is -2.17. The van der Waals surface area contributed by atoms with Gasteiger partial charge in [-0.2, -0.15) is 0 Å². The average molecular weight is 722 g/mol. The third kappa shape index (κ3) is 37.1. The van der Waals surface area contributed by atoms with E-state index in [1.54, 1.807) is 0 Å². The van der Waals surface area contributed by atoms with Crippen LogP contribution in [0.4, 0.5) is 0 Å². The Kier molecular flexibility index (Phi) is 36.8. The molecule has 2 unspecified atom stereocenters. The van der Waals surface area contributed by atoms with Crippen molar-refractivity contribution < 1.29 is 9.59 Å². The van der Waals surface area contributed by atoms with Crippen LogP contribution in [-0.2, 0) is 9.59 Å². The molecule has 5 heteroatoms. The highest BCUT2D eigenvalue weighted by Gasteiger charge is 2.11. The zero-order chi connectivity index (χ0) is 36.2. The van der Waals surface area contributed by atoms with Crippen LogP contribution in [0.5, 0.6) is 0 Å². The van der Waals surface area contributed by atoms with Gasteiger partial charge in [-0.15, -0.1) is 0 Å². The molecule has 0 bridgehead atoms. The van der Waals surface area contributed by atoms with E-state index in [0.717, 1.165) is 44.4 Å². The van der Waals surface area contributed by atoms with Gasteiger partial charge >= 0.3 is 0 Å². The number of hydrogen-bond acceptors (Lipinski definition) is 5. The molecule has 0 aromatic rings. The molecule has 0 rings (SSSR count). The molecule has 0 aliphatic rings. The summed E-state index contributed by atoms with van der Waals surface area (Å²) < 4.78 is 0. The van der Waals surface area contributed by atoms with E-state index in [9.17, 15) is 9.59 Å². The summed E-state index contributed by atoms with van der Waals surface area (Å²) in [6.07, 6.45) is 43.7. The minimum atomic E-state index is 0.304. The Bertz CT molecular complexity index is 740. The standard InChI is InChI=1S/C44H83NO2S2/c1-7-9-11-13-17-24-32-40(3)48-43(46)37-29-21-15-19-26-34-42(36-28-23-31-39-45(5)6)35-27-20-16-22-30-38-44(47)49-41(4)33-25-18-14-12-10-8-2/h24-25,32-33,40-42H,7-23,26-31,34-39H2,1-6H3/b32-24-,33-25-. The minimum absolute atomic E-state index is 0.304. The van der Waals surface area contributed by atoms with Crippen molar-refractivity contribution in [2.24, 2.45) is 5.92 Å².